The summed E-state index contributed by atoms with van der Waals surface area (Å²) in [6.45, 7) is 8.61. The van der Waals surface area contributed by atoms with Crippen LogP contribution in [0.3, 0.4) is 0 Å². The van der Waals surface area contributed by atoms with Crippen molar-refractivity contribution in [1.82, 2.24) is 9.88 Å². The number of amides is 1. The first-order valence-electron chi connectivity index (χ1n) is 9.61. The Kier molecular flexibility index (Phi) is 5.99. The fraction of sp³-hybridized carbons (Fsp3) is 0.200. The maximum absolute atomic E-state index is 12.5. The van der Waals surface area contributed by atoms with Crippen molar-refractivity contribution in [1.29, 1.82) is 5.26 Å². The quantitative estimate of drug-likeness (QED) is 0.501. The van der Waals surface area contributed by atoms with Crippen LogP contribution in [-0.4, -0.2) is 10.5 Å². The standard InChI is InChI=1S/C25H25N3O/c1-17-10-11-24(12-18(17)2)28-19(3)13-22(20(28)4)14-23(15-26)25(29)27-16-21-8-6-5-7-9-21/h5-14H,16H2,1-4H3,(H,27,29)/b23-14-. The number of carbonyl (C=O) groups excluding carboxylic acids is 1. The maximum atomic E-state index is 12.5. The van der Waals surface area contributed by atoms with Gasteiger partial charge >= 0.3 is 0 Å². The van der Waals surface area contributed by atoms with E-state index < -0.39 is 0 Å². The predicted molar refractivity (Wildman–Crippen MR) is 117 cm³/mol. The van der Waals surface area contributed by atoms with E-state index in [9.17, 15) is 10.1 Å². The Morgan fingerprint density at radius 2 is 1.76 bits per heavy atom. The fourth-order valence-electron chi connectivity index (χ4n) is 3.37. The van der Waals surface area contributed by atoms with Crippen molar-refractivity contribution >= 4 is 12.0 Å². The van der Waals surface area contributed by atoms with E-state index in [-0.39, 0.29) is 11.5 Å². The first-order valence-corrected chi connectivity index (χ1v) is 9.61. The summed E-state index contributed by atoms with van der Waals surface area (Å²) in [4.78, 5) is 12.5. The molecule has 1 N–H and O–H groups in total. The summed E-state index contributed by atoms with van der Waals surface area (Å²) in [6.07, 6.45) is 1.67. The van der Waals surface area contributed by atoms with Gasteiger partial charge < -0.3 is 9.88 Å². The van der Waals surface area contributed by atoms with Gasteiger partial charge in [-0.3, -0.25) is 4.79 Å². The molecule has 1 amide bonds. The lowest BCUT2D eigenvalue weighted by molar-refractivity contribution is -0.117. The van der Waals surface area contributed by atoms with Crippen LogP contribution in [0.15, 0.2) is 60.2 Å². The zero-order chi connectivity index (χ0) is 21.0. The first kappa shape index (κ1) is 20.2. The SMILES string of the molecule is Cc1ccc(-n2c(C)cc(/C=C(/C#N)C(=O)NCc3ccccc3)c2C)cc1C. The number of aromatic nitrogens is 1. The number of hydrogen-bond acceptors (Lipinski definition) is 2. The van der Waals surface area contributed by atoms with E-state index in [2.05, 4.69) is 41.9 Å². The number of rotatable bonds is 5. The van der Waals surface area contributed by atoms with Gasteiger partial charge in [0.05, 0.1) is 0 Å². The Balaban J connectivity index is 1.87. The molecule has 3 rings (SSSR count). The molecular formula is C25H25N3O. The molecule has 29 heavy (non-hydrogen) atoms. The summed E-state index contributed by atoms with van der Waals surface area (Å²) in [5.41, 5.74) is 7.56. The lowest BCUT2D eigenvalue weighted by Gasteiger charge is -2.12. The first-order chi connectivity index (χ1) is 13.9. The van der Waals surface area contributed by atoms with E-state index in [1.165, 1.54) is 11.1 Å². The fourth-order valence-corrected chi connectivity index (χ4v) is 3.37. The Bertz CT molecular complexity index is 1110. The molecule has 4 heteroatoms. The van der Waals surface area contributed by atoms with Gasteiger partial charge in [0.2, 0.25) is 0 Å². The van der Waals surface area contributed by atoms with E-state index in [1.54, 1.807) is 6.08 Å². The number of aryl methyl sites for hydroxylation is 3. The molecule has 146 valence electrons. The minimum atomic E-state index is -0.368. The molecule has 0 aliphatic carbocycles. The Morgan fingerprint density at radius 3 is 2.41 bits per heavy atom. The monoisotopic (exact) mass is 383 g/mol. The molecule has 0 aliphatic rings. The van der Waals surface area contributed by atoms with Crippen LogP contribution < -0.4 is 5.32 Å². The average molecular weight is 383 g/mol. The van der Waals surface area contributed by atoms with E-state index in [0.29, 0.717) is 6.54 Å². The Hall–Kier alpha value is -3.58. The zero-order valence-corrected chi connectivity index (χ0v) is 17.3. The van der Waals surface area contributed by atoms with Gasteiger partial charge in [-0.2, -0.15) is 5.26 Å². The summed E-state index contributed by atoms with van der Waals surface area (Å²) in [6, 6.07) is 20.0. The number of nitrogens with zero attached hydrogens (tertiary/aromatic N) is 2. The molecule has 0 saturated heterocycles. The van der Waals surface area contributed by atoms with Crippen molar-refractivity contribution in [2.24, 2.45) is 0 Å². The highest BCUT2D eigenvalue weighted by atomic mass is 16.1. The topological polar surface area (TPSA) is 57.8 Å². The number of nitriles is 1. The number of benzene rings is 2. The van der Waals surface area contributed by atoms with Crippen molar-refractivity contribution in [3.63, 3.8) is 0 Å². The molecule has 1 heterocycles. The molecule has 0 spiro atoms. The summed E-state index contributed by atoms with van der Waals surface area (Å²) in [5, 5.41) is 12.3. The molecule has 1 aromatic heterocycles. The van der Waals surface area contributed by atoms with Crippen LogP contribution in [0, 0.1) is 39.0 Å². The lowest BCUT2D eigenvalue weighted by Crippen LogP contribution is -2.23. The number of hydrogen-bond donors (Lipinski definition) is 1. The molecular weight excluding hydrogens is 358 g/mol. The molecule has 3 aromatic rings. The van der Waals surface area contributed by atoms with E-state index in [0.717, 1.165) is 28.2 Å². The highest BCUT2D eigenvalue weighted by Crippen LogP contribution is 2.24. The highest BCUT2D eigenvalue weighted by molar-refractivity contribution is 6.01. The van der Waals surface area contributed by atoms with Gasteiger partial charge in [-0.05, 0) is 74.2 Å². The normalized spacial score (nSPS) is 11.2. The second kappa shape index (κ2) is 8.62. The van der Waals surface area contributed by atoms with Gasteiger partial charge in [0.1, 0.15) is 11.6 Å². The van der Waals surface area contributed by atoms with Crippen LogP contribution in [0.5, 0.6) is 0 Å². The van der Waals surface area contributed by atoms with Gasteiger partial charge in [0, 0.05) is 23.6 Å². The second-order valence-electron chi connectivity index (χ2n) is 7.27. The van der Waals surface area contributed by atoms with Crippen molar-refractivity contribution < 1.29 is 4.79 Å². The molecule has 0 fully saturated rings. The van der Waals surface area contributed by atoms with Crippen molar-refractivity contribution in [2.45, 2.75) is 34.2 Å². The van der Waals surface area contributed by atoms with E-state index >= 15 is 0 Å². The third kappa shape index (κ3) is 4.47. The minimum Gasteiger partial charge on any atom is -0.347 e. The smallest absolute Gasteiger partial charge is 0.262 e. The molecule has 0 radical (unpaired) electrons. The largest absolute Gasteiger partial charge is 0.347 e. The predicted octanol–water partition coefficient (Wildman–Crippen LogP) is 4.93. The minimum absolute atomic E-state index is 0.0984. The van der Waals surface area contributed by atoms with Crippen LogP contribution in [0.4, 0.5) is 0 Å². The van der Waals surface area contributed by atoms with E-state index in [4.69, 9.17) is 0 Å². The summed E-state index contributed by atoms with van der Waals surface area (Å²) < 4.78 is 2.15. The Labute approximate surface area is 172 Å². The summed E-state index contributed by atoms with van der Waals surface area (Å²) in [5.74, 6) is -0.368. The Morgan fingerprint density at radius 1 is 1.03 bits per heavy atom. The van der Waals surface area contributed by atoms with E-state index in [1.807, 2.05) is 56.3 Å². The van der Waals surface area contributed by atoms with Gasteiger partial charge in [-0.1, -0.05) is 36.4 Å². The van der Waals surface area contributed by atoms with Crippen LogP contribution in [0.2, 0.25) is 0 Å². The van der Waals surface area contributed by atoms with Crippen molar-refractivity contribution in [2.75, 3.05) is 0 Å². The molecule has 0 aliphatic heterocycles. The summed E-state index contributed by atoms with van der Waals surface area (Å²) in [7, 11) is 0. The maximum Gasteiger partial charge on any atom is 0.262 e. The van der Waals surface area contributed by atoms with Crippen molar-refractivity contribution in [3.05, 3.63) is 93.8 Å². The molecule has 0 saturated carbocycles. The number of carbonyl (C=O) groups is 1. The van der Waals surface area contributed by atoms with Gasteiger partial charge in [-0.15, -0.1) is 0 Å². The molecule has 0 bridgehead atoms. The van der Waals surface area contributed by atoms with Gasteiger partial charge in [0.15, 0.2) is 0 Å². The molecule has 0 atom stereocenters. The molecule has 0 unspecified atom stereocenters. The van der Waals surface area contributed by atoms with Crippen LogP contribution in [0.25, 0.3) is 11.8 Å². The zero-order valence-electron chi connectivity index (χ0n) is 17.3. The van der Waals surface area contributed by atoms with Gasteiger partial charge in [-0.25, -0.2) is 0 Å². The third-order valence-corrected chi connectivity index (χ3v) is 5.18. The van der Waals surface area contributed by atoms with Crippen LogP contribution >= 0.6 is 0 Å². The third-order valence-electron chi connectivity index (χ3n) is 5.18. The average Bonchev–Trinajstić information content (AvgIpc) is 3.00. The summed E-state index contributed by atoms with van der Waals surface area (Å²) >= 11 is 0. The van der Waals surface area contributed by atoms with Crippen LogP contribution in [0.1, 0.15) is 33.6 Å². The molecule has 2 aromatic carbocycles. The van der Waals surface area contributed by atoms with Crippen molar-refractivity contribution in [3.8, 4) is 11.8 Å². The second-order valence-corrected chi connectivity index (χ2v) is 7.27. The van der Waals surface area contributed by atoms with Gasteiger partial charge in [0.25, 0.3) is 5.91 Å². The highest BCUT2D eigenvalue weighted by Gasteiger charge is 2.14. The lowest BCUT2D eigenvalue weighted by atomic mass is 10.1. The molecule has 4 nitrogen and oxygen atoms in total. The van der Waals surface area contributed by atoms with Crippen LogP contribution in [-0.2, 0) is 11.3 Å². The number of nitrogens with one attached hydrogen (secondary N) is 1.